The number of benzene rings is 1. The van der Waals surface area contributed by atoms with E-state index in [1.807, 2.05) is 18.2 Å². The van der Waals surface area contributed by atoms with Crippen molar-refractivity contribution in [1.82, 2.24) is 14.5 Å². The first-order valence-corrected chi connectivity index (χ1v) is 12.1. The molecule has 1 aromatic carbocycles. The number of methoxy groups -OCH3 is 1. The average Bonchev–Trinajstić information content (AvgIpc) is 3.15. The molecule has 1 aliphatic rings. The van der Waals surface area contributed by atoms with Gasteiger partial charge in [0.15, 0.2) is 5.16 Å². The number of rotatable bonds is 6. The van der Waals surface area contributed by atoms with Crippen LogP contribution in [-0.4, -0.2) is 28.3 Å². The highest BCUT2D eigenvalue weighted by Gasteiger charge is 2.22. The average molecular weight is 438 g/mol. The second kappa shape index (κ2) is 8.49. The van der Waals surface area contributed by atoms with Crippen molar-refractivity contribution < 1.29 is 4.74 Å². The SMILES string of the molecule is COCCn1c(SCc2ccc3ccccc3n2)nc2sc3c(c2c1=O)CCCC3. The molecule has 3 aromatic heterocycles. The number of pyridine rings is 1. The second-order valence-electron chi connectivity index (χ2n) is 7.52. The minimum Gasteiger partial charge on any atom is -0.383 e. The van der Waals surface area contributed by atoms with Crippen LogP contribution in [0, 0.1) is 0 Å². The Balaban J connectivity index is 1.52. The molecule has 154 valence electrons. The third kappa shape index (κ3) is 3.66. The molecule has 0 atom stereocenters. The fourth-order valence-electron chi connectivity index (χ4n) is 4.04. The van der Waals surface area contributed by atoms with Gasteiger partial charge in [0, 0.05) is 23.1 Å². The Morgan fingerprint density at radius 1 is 1.13 bits per heavy atom. The number of hydrogen-bond acceptors (Lipinski definition) is 6. The monoisotopic (exact) mass is 437 g/mol. The number of nitrogens with zero attached hydrogens (tertiary/aromatic N) is 3. The van der Waals surface area contributed by atoms with Crippen molar-refractivity contribution >= 4 is 44.2 Å². The Morgan fingerprint density at radius 3 is 2.90 bits per heavy atom. The lowest BCUT2D eigenvalue weighted by atomic mass is 9.97. The summed E-state index contributed by atoms with van der Waals surface area (Å²) in [6.45, 7) is 0.998. The molecule has 0 radical (unpaired) electrons. The Labute approximate surface area is 183 Å². The Morgan fingerprint density at radius 2 is 2.00 bits per heavy atom. The molecule has 0 unspecified atom stereocenters. The largest absolute Gasteiger partial charge is 0.383 e. The van der Waals surface area contributed by atoms with Crippen molar-refractivity contribution in [3.8, 4) is 0 Å². The van der Waals surface area contributed by atoms with Crippen LogP contribution in [0.5, 0.6) is 0 Å². The molecule has 0 spiro atoms. The van der Waals surface area contributed by atoms with Gasteiger partial charge in [-0.05, 0) is 43.4 Å². The minimum atomic E-state index is 0.0745. The number of thioether (sulfide) groups is 1. The maximum Gasteiger partial charge on any atom is 0.263 e. The molecule has 0 N–H and O–H groups in total. The van der Waals surface area contributed by atoms with Gasteiger partial charge in [-0.2, -0.15) is 0 Å². The smallest absolute Gasteiger partial charge is 0.263 e. The first-order chi connectivity index (χ1) is 14.7. The standard InChI is InChI=1S/C23H23N3O2S2/c1-28-13-12-26-22(27)20-17-7-3-5-9-19(17)30-21(20)25-23(26)29-14-16-11-10-15-6-2-4-8-18(15)24-16/h2,4,6,8,10-11H,3,5,7,9,12-14H2,1H3. The summed E-state index contributed by atoms with van der Waals surface area (Å²) in [7, 11) is 1.66. The summed E-state index contributed by atoms with van der Waals surface area (Å²) in [6, 6.07) is 12.3. The minimum absolute atomic E-state index is 0.0745. The molecule has 0 bridgehead atoms. The third-order valence-corrected chi connectivity index (χ3v) is 7.76. The maximum atomic E-state index is 13.4. The van der Waals surface area contributed by atoms with Gasteiger partial charge in [-0.25, -0.2) is 4.98 Å². The fraction of sp³-hybridized carbons (Fsp3) is 0.348. The quantitative estimate of drug-likeness (QED) is 0.320. The Bertz CT molecular complexity index is 1280. The molecular weight excluding hydrogens is 414 g/mol. The first kappa shape index (κ1) is 19.7. The number of aromatic nitrogens is 3. The van der Waals surface area contributed by atoms with Crippen LogP contribution in [0.1, 0.15) is 29.0 Å². The summed E-state index contributed by atoms with van der Waals surface area (Å²) in [5.41, 5.74) is 3.28. The van der Waals surface area contributed by atoms with Crippen molar-refractivity contribution in [1.29, 1.82) is 0 Å². The first-order valence-electron chi connectivity index (χ1n) is 10.3. The molecule has 30 heavy (non-hydrogen) atoms. The van der Waals surface area contributed by atoms with Crippen LogP contribution < -0.4 is 5.56 Å². The Hall–Kier alpha value is -2.22. The van der Waals surface area contributed by atoms with E-state index in [2.05, 4.69) is 18.2 Å². The normalized spacial score (nSPS) is 13.8. The topological polar surface area (TPSA) is 57.0 Å². The number of hydrogen-bond donors (Lipinski definition) is 0. The van der Waals surface area contributed by atoms with Crippen LogP contribution in [0.3, 0.4) is 0 Å². The lowest BCUT2D eigenvalue weighted by Crippen LogP contribution is -2.25. The molecule has 5 nitrogen and oxygen atoms in total. The third-order valence-electron chi connectivity index (χ3n) is 5.56. The van der Waals surface area contributed by atoms with E-state index in [4.69, 9.17) is 14.7 Å². The zero-order valence-electron chi connectivity index (χ0n) is 16.9. The highest BCUT2D eigenvalue weighted by atomic mass is 32.2. The highest BCUT2D eigenvalue weighted by Crippen LogP contribution is 2.35. The van der Waals surface area contributed by atoms with Crippen molar-refractivity contribution in [2.45, 2.75) is 43.1 Å². The van der Waals surface area contributed by atoms with Crippen molar-refractivity contribution in [3.05, 3.63) is 62.9 Å². The zero-order chi connectivity index (χ0) is 20.5. The van der Waals surface area contributed by atoms with E-state index in [1.54, 1.807) is 34.8 Å². The molecule has 0 saturated heterocycles. The van der Waals surface area contributed by atoms with Crippen molar-refractivity contribution in [2.75, 3.05) is 13.7 Å². The molecule has 0 amide bonds. The molecule has 0 aliphatic heterocycles. The van der Waals surface area contributed by atoms with Crippen LogP contribution in [-0.2, 0) is 29.9 Å². The predicted molar refractivity (Wildman–Crippen MR) is 124 cm³/mol. The zero-order valence-corrected chi connectivity index (χ0v) is 18.5. The molecule has 0 fully saturated rings. The van der Waals surface area contributed by atoms with Gasteiger partial charge in [-0.3, -0.25) is 14.3 Å². The van der Waals surface area contributed by atoms with Gasteiger partial charge in [0.1, 0.15) is 4.83 Å². The molecule has 3 heterocycles. The van der Waals surface area contributed by atoms with Gasteiger partial charge >= 0.3 is 0 Å². The number of aryl methyl sites for hydroxylation is 2. The van der Waals surface area contributed by atoms with Gasteiger partial charge in [-0.1, -0.05) is 36.0 Å². The van der Waals surface area contributed by atoms with E-state index in [-0.39, 0.29) is 5.56 Å². The van der Waals surface area contributed by atoms with Gasteiger partial charge in [0.2, 0.25) is 0 Å². The molecule has 4 aromatic rings. The fourth-order valence-corrected chi connectivity index (χ4v) is 6.27. The summed E-state index contributed by atoms with van der Waals surface area (Å²) >= 11 is 3.27. The van der Waals surface area contributed by atoms with Gasteiger partial charge in [0.05, 0.1) is 29.7 Å². The summed E-state index contributed by atoms with van der Waals surface area (Å²) in [5, 5.41) is 2.71. The van der Waals surface area contributed by atoms with Crippen LogP contribution >= 0.6 is 23.1 Å². The Kier molecular flexibility index (Phi) is 5.58. The van der Waals surface area contributed by atoms with E-state index in [0.29, 0.717) is 18.9 Å². The molecule has 1 aliphatic carbocycles. The molecular formula is C23H23N3O2S2. The van der Waals surface area contributed by atoms with E-state index < -0.39 is 0 Å². The number of para-hydroxylation sites is 1. The van der Waals surface area contributed by atoms with Crippen LogP contribution in [0.25, 0.3) is 21.1 Å². The summed E-state index contributed by atoms with van der Waals surface area (Å²) < 4.78 is 7.06. The molecule has 0 saturated carbocycles. The second-order valence-corrected chi connectivity index (χ2v) is 9.55. The molecule has 5 rings (SSSR count). The molecule has 7 heteroatoms. The van der Waals surface area contributed by atoms with Gasteiger partial charge in [0.25, 0.3) is 5.56 Å². The van der Waals surface area contributed by atoms with Gasteiger partial charge in [-0.15, -0.1) is 11.3 Å². The summed E-state index contributed by atoms with van der Waals surface area (Å²) in [5.74, 6) is 0.668. The van der Waals surface area contributed by atoms with E-state index in [1.165, 1.54) is 16.9 Å². The highest BCUT2D eigenvalue weighted by molar-refractivity contribution is 7.98. The van der Waals surface area contributed by atoms with Crippen molar-refractivity contribution in [2.24, 2.45) is 0 Å². The summed E-state index contributed by atoms with van der Waals surface area (Å²) in [4.78, 5) is 25.3. The number of fused-ring (bicyclic) bond motifs is 4. The number of thiophene rings is 1. The lowest BCUT2D eigenvalue weighted by molar-refractivity contribution is 0.183. The number of ether oxygens (including phenoxy) is 1. The lowest BCUT2D eigenvalue weighted by Gasteiger charge is -2.13. The van der Waals surface area contributed by atoms with Gasteiger partial charge < -0.3 is 4.74 Å². The van der Waals surface area contributed by atoms with E-state index in [9.17, 15) is 4.79 Å². The summed E-state index contributed by atoms with van der Waals surface area (Å²) in [6.07, 6.45) is 4.41. The predicted octanol–water partition coefficient (Wildman–Crippen LogP) is 4.82. The van der Waals surface area contributed by atoms with Crippen LogP contribution in [0.2, 0.25) is 0 Å². The van der Waals surface area contributed by atoms with Crippen LogP contribution in [0.15, 0.2) is 46.3 Å². The van der Waals surface area contributed by atoms with Crippen LogP contribution in [0.4, 0.5) is 0 Å². The van der Waals surface area contributed by atoms with E-state index in [0.717, 1.165) is 51.2 Å². The maximum absolute atomic E-state index is 13.4. The van der Waals surface area contributed by atoms with Crippen molar-refractivity contribution in [3.63, 3.8) is 0 Å². The van der Waals surface area contributed by atoms with E-state index >= 15 is 0 Å².